The lowest BCUT2D eigenvalue weighted by Crippen LogP contribution is -2.21. The van der Waals surface area contributed by atoms with Crippen LogP contribution in [0, 0.1) is 0 Å². The molecular weight excluding hydrogens is 218 g/mol. The number of hydrogen-bond acceptors (Lipinski definition) is 3. The SMILES string of the molecule is Nc1ccccc1NC(=O)c1c[nH]ccc1=O. The molecule has 0 bridgehead atoms. The van der Waals surface area contributed by atoms with Crippen molar-refractivity contribution in [3.8, 4) is 0 Å². The number of aromatic nitrogens is 1. The highest BCUT2D eigenvalue weighted by molar-refractivity contribution is 6.05. The Balaban J connectivity index is 2.27. The monoisotopic (exact) mass is 229 g/mol. The number of pyridine rings is 1. The average Bonchev–Trinajstić information content (AvgIpc) is 2.32. The van der Waals surface area contributed by atoms with Crippen molar-refractivity contribution in [1.82, 2.24) is 4.98 Å². The van der Waals surface area contributed by atoms with Gasteiger partial charge in [-0.25, -0.2) is 0 Å². The molecule has 0 saturated carbocycles. The number of benzene rings is 1. The maximum atomic E-state index is 11.8. The van der Waals surface area contributed by atoms with E-state index in [-0.39, 0.29) is 11.0 Å². The summed E-state index contributed by atoms with van der Waals surface area (Å²) >= 11 is 0. The van der Waals surface area contributed by atoms with Crippen molar-refractivity contribution < 1.29 is 4.79 Å². The molecule has 0 saturated heterocycles. The van der Waals surface area contributed by atoms with Crippen LogP contribution in [-0.4, -0.2) is 10.9 Å². The van der Waals surface area contributed by atoms with Gasteiger partial charge in [0.05, 0.1) is 11.4 Å². The highest BCUT2D eigenvalue weighted by atomic mass is 16.2. The largest absolute Gasteiger partial charge is 0.397 e. The lowest BCUT2D eigenvalue weighted by Gasteiger charge is -2.06. The van der Waals surface area contributed by atoms with Crippen LogP contribution in [0.2, 0.25) is 0 Å². The molecule has 0 unspecified atom stereocenters. The van der Waals surface area contributed by atoms with E-state index in [2.05, 4.69) is 10.3 Å². The molecule has 1 aromatic heterocycles. The molecule has 2 aromatic rings. The molecule has 0 spiro atoms. The standard InChI is InChI=1S/C12H11N3O2/c13-9-3-1-2-4-10(9)15-12(17)8-7-14-6-5-11(8)16/h1-7H,13H2,(H,14,16)(H,15,17). The van der Waals surface area contributed by atoms with Crippen molar-refractivity contribution in [2.75, 3.05) is 11.1 Å². The first-order chi connectivity index (χ1) is 8.18. The predicted octanol–water partition coefficient (Wildman–Crippen LogP) is 1.21. The number of carbonyl (C=O) groups excluding carboxylic acids is 1. The van der Waals surface area contributed by atoms with Crippen molar-refractivity contribution in [1.29, 1.82) is 0 Å². The van der Waals surface area contributed by atoms with Gasteiger partial charge in [-0.2, -0.15) is 0 Å². The number of hydrogen-bond donors (Lipinski definition) is 3. The lowest BCUT2D eigenvalue weighted by molar-refractivity contribution is 0.102. The number of nitrogen functional groups attached to an aromatic ring is 1. The van der Waals surface area contributed by atoms with Gasteiger partial charge in [0.15, 0.2) is 5.43 Å². The van der Waals surface area contributed by atoms with Crippen molar-refractivity contribution in [3.05, 3.63) is 58.5 Å². The third-order valence-electron chi connectivity index (χ3n) is 2.28. The molecular formula is C12H11N3O2. The molecule has 0 fully saturated rings. The first-order valence-corrected chi connectivity index (χ1v) is 5.01. The average molecular weight is 229 g/mol. The summed E-state index contributed by atoms with van der Waals surface area (Å²) in [5.74, 6) is -0.482. The minimum absolute atomic E-state index is 0.0516. The number of rotatable bonds is 2. The van der Waals surface area contributed by atoms with E-state index < -0.39 is 5.91 Å². The van der Waals surface area contributed by atoms with E-state index in [1.165, 1.54) is 18.5 Å². The van der Waals surface area contributed by atoms with Crippen LogP contribution in [0.25, 0.3) is 0 Å². The third-order valence-corrected chi connectivity index (χ3v) is 2.28. The second-order valence-corrected chi connectivity index (χ2v) is 3.46. The van der Waals surface area contributed by atoms with Crippen LogP contribution in [0.5, 0.6) is 0 Å². The minimum atomic E-state index is -0.482. The Labute approximate surface area is 97.3 Å². The van der Waals surface area contributed by atoms with Crippen molar-refractivity contribution >= 4 is 17.3 Å². The Hall–Kier alpha value is -2.56. The summed E-state index contributed by atoms with van der Waals surface area (Å²) in [4.78, 5) is 25.9. The minimum Gasteiger partial charge on any atom is -0.397 e. The smallest absolute Gasteiger partial charge is 0.261 e. The fraction of sp³-hybridized carbons (Fsp3) is 0. The first-order valence-electron chi connectivity index (χ1n) is 5.01. The maximum Gasteiger partial charge on any atom is 0.261 e. The summed E-state index contributed by atoms with van der Waals surface area (Å²) in [6.45, 7) is 0. The summed E-state index contributed by atoms with van der Waals surface area (Å²) in [6, 6.07) is 8.15. The molecule has 5 heteroatoms. The van der Waals surface area contributed by atoms with Gasteiger partial charge in [-0.05, 0) is 12.1 Å². The van der Waals surface area contributed by atoms with E-state index in [1.54, 1.807) is 24.3 Å². The van der Waals surface area contributed by atoms with Gasteiger partial charge in [0.2, 0.25) is 0 Å². The van der Waals surface area contributed by atoms with Gasteiger partial charge in [0.1, 0.15) is 5.56 Å². The molecule has 0 aliphatic rings. The van der Waals surface area contributed by atoms with E-state index in [0.717, 1.165) is 0 Å². The van der Waals surface area contributed by atoms with Crippen LogP contribution < -0.4 is 16.5 Å². The van der Waals surface area contributed by atoms with Gasteiger partial charge >= 0.3 is 0 Å². The number of anilines is 2. The van der Waals surface area contributed by atoms with E-state index in [1.807, 2.05) is 0 Å². The Morgan fingerprint density at radius 2 is 2.00 bits per heavy atom. The topological polar surface area (TPSA) is 88.0 Å². The fourth-order valence-electron chi connectivity index (χ4n) is 1.39. The van der Waals surface area contributed by atoms with E-state index in [9.17, 15) is 9.59 Å². The molecule has 2 rings (SSSR count). The van der Waals surface area contributed by atoms with Gasteiger partial charge in [-0.15, -0.1) is 0 Å². The van der Waals surface area contributed by atoms with E-state index in [0.29, 0.717) is 11.4 Å². The molecule has 0 aliphatic carbocycles. The van der Waals surface area contributed by atoms with Crippen molar-refractivity contribution in [2.24, 2.45) is 0 Å². The summed E-state index contributed by atoms with van der Waals surface area (Å²) in [7, 11) is 0. The number of amides is 1. The van der Waals surface area contributed by atoms with Crippen LogP contribution in [0.1, 0.15) is 10.4 Å². The second kappa shape index (κ2) is 4.52. The molecule has 0 aliphatic heterocycles. The van der Waals surface area contributed by atoms with Crippen LogP contribution in [-0.2, 0) is 0 Å². The van der Waals surface area contributed by atoms with E-state index >= 15 is 0 Å². The molecule has 1 heterocycles. The summed E-state index contributed by atoms with van der Waals surface area (Å²) < 4.78 is 0. The molecule has 0 radical (unpaired) electrons. The van der Waals surface area contributed by atoms with Crippen molar-refractivity contribution in [3.63, 3.8) is 0 Å². The molecule has 1 aromatic carbocycles. The Bertz CT molecular complexity index is 604. The van der Waals surface area contributed by atoms with Gasteiger partial charge in [-0.1, -0.05) is 12.1 Å². The number of nitrogens with one attached hydrogen (secondary N) is 2. The number of nitrogens with two attached hydrogens (primary N) is 1. The zero-order valence-corrected chi connectivity index (χ0v) is 8.94. The van der Waals surface area contributed by atoms with Gasteiger partial charge in [0.25, 0.3) is 5.91 Å². The van der Waals surface area contributed by atoms with Crippen LogP contribution in [0.3, 0.4) is 0 Å². The van der Waals surface area contributed by atoms with Crippen LogP contribution >= 0.6 is 0 Å². The second-order valence-electron chi connectivity index (χ2n) is 3.46. The molecule has 1 amide bonds. The molecule has 0 atom stereocenters. The predicted molar refractivity (Wildman–Crippen MR) is 65.9 cm³/mol. The number of carbonyl (C=O) groups is 1. The van der Waals surface area contributed by atoms with Crippen LogP contribution in [0.15, 0.2) is 47.5 Å². The molecule has 86 valence electrons. The number of para-hydroxylation sites is 2. The van der Waals surface area contributed by atoms with Crippen molar-refractivity contribution in [2.45, 2.75) is 0 Å². The Kier molecular flexibility index (Phi) is 2.91. The molecule has 4 N–H and O–H groups in total. The zero-order valence-electron chi connectivity index (χ0n) is 8.94. The van der Waals surface area contributed by atoms with Gasteiger partial charge < -0.3 is 16.0 Å². The lowest BCUT2D eigenvalue weighted by atomic mass is 10.2. The third kappa shape index (κ3) is 2.34. The zero-order chi connectivity index (χ0) is 12.3. The van der Waals surface area contributed by atoms with Gasteiger partial charge in [0, 0.05) is 18.5 Å². The number of aromatic amines is 1. The normalized spacial score (nSPS) is 9.88. The summed E-state index contributed by atoms with van der Waals surface area (Å²) in [5.41, 5.74) is 6.34. The quantitative estimate of drug-likeness (QED) is 0.676. The maximum absolute atomic E-state index is 11.8. The summed E-state index contributed by atoms with van der Waals surface area (Å²) in [6.07, 6.45) is 2.83. The molecule has 17 heavy (non-hydrogen) atoms. The first kappa shape index (κ1) is 10.9. The highest BCUT2D eigenvalue weighted by Gasteiger charge is 2.10. The van der Waals surface area contributed by atoms with E-state index in [4.69, 9.17) is 5.73 Å². The van der Waals surface area contributed by atoms with Gasteiger partial charge in [-0.3, -0.25) is 9.59 Å². The summed E-state index contributed by atoms with van der Waals surface area (Å²) in [5, 5.41) is 2.58. The highest BCUT2D eigenvalue weighted by Crippen LogP contribution is 2.16. The Morgan fingerprint density at radius 3 is 2.71 bits per heavy atom. The Morgan fingerprint density at radius 1 is 1.24 bits per heavy atom. The van der Waals surface area contributed by atoms with Crippen LogP contribution in [0.4, 0.5) is 11.4 Å². The number of H-pyrrole nitrogens is 1. The molecule has 5 nitrogen and oxygen atoms in total. The fourth-order valence-corrected chi connectivity index (χ4v) is 1.39.